The summed E-state index contributed by atoms with van der Waals surface area (Å²) < 4.78 is 45.0. The predicted octanol–water partition coefficient (Wildman–Crippen LogP) is 5.24. The highest BCUT2D eigenvalue weighted by Crippen LogP contribution is 2.41. The normalized spacial score (nSPS) is 17.2. The van der Waals surface area contributed by atoms with Crippen LogP contribution >= 0.6 is 0 Å². The molecule has 1 N–H and O–H groups in total. The Morgan fingerprint density at radius 2 is 1.73 bits per heavy atom. The highest BCUT2D eigenvalue weighted by Gasteiger charge is 2.46. The largest absolute Gasteiger partial charge is 0.507 e. The molecule has 11 heteroatoms. The average Bonchev–Trinajstić information content (AvgIpc) is 3.13. The molecular weight excluding hydrogens is 493 g/mol. The van der Waals surface area contributed by atoms with Crippen LogP contribution in [0.2, 0.25) is 0 Å². The van der Waals surface area contributed by atoms with E-state index in [1.807, 2.05) is 0 Å². The van der Waals surface area contributed by atoms with Crippen molar-refractivity contribution in [1.29, 1.82) is 0 Å². The zero-order chi connectivity index (χ0) is 26.9. The number of aliphatic hydroxyl groups excluding tert-OH is 1. The molecule has 37 heavy (non-hydrogen) atoms. The molecule has 4 rings (SSSR count). The third kappa shape index (κ3) is 5.01. The molecule has 0 spiro atoms. The van der Waals surface area contributed by atoms with Gasteiger partial charge >= 0.3 is 6.18 Å². The second-order valence-corrected chi connectivity index (χ2v) is 8.21. The molecule has 1 unspecified atom stereocenters. The number of carbonyl (C=O) groups is 2. The molecule has 190 valence electrons. The first-order chi connectivity index (χ1) is 17.5. The van der Waals surface area contributed by atoms with Gasteiger partial charge in [0.25, 0.3) is 17.4 Å². The first-order valence-electron chi connectivity index (χ1n) is 10.8. The molecule has 0 saturated carbocycles. The van der Waals surface area contributed by atoms with Gasteiger partial charge in [-0.1, -0.05) is 24.3 Å². The summed E-state index contributed by atoms with van der Waals surface area (Å²) in [4.78, 5) is 37.7. The predicted molar refractivity (Wildman–Crippen MR) is 125 cm³/mol. The van der Waals surface area contributed by atoms with E-state index in [1.165, 1.54) is 31.4 Å². The Hall–Kier alpha value is -4.67. The third-order valence-corrected chi connectivity index (χ3v) is 5.91. The Balaban J connectivity index is 1.85. The van der Waals surface area contributed by atoms with Crippen molar-refractivity contribution in [2.45, 2.75) is 18.8 Å². The molecule has 3 aromatic rings. The van der Waals surface area contributed by atoms with Crippen LogP contribution in [0.3, 0.4) is 0 Å². The number of amides is 1. The topological polar surface area (TPSA) is 110 Å². The van der Waals surface area contributed by atoms with Gasteiger partial charge in [-0.3, -0.25) is 19.7 Å². The van der Waals surface area contributed by atoms with Crippen molar-refractivity contribution in [3.8, 4) is 5.75 Å². The SMILES string of the molecule is COc1cccc(C2/C(=C(\O)c3ccc([N+](=O)[O-])cc3)C(=O)C(=O)N2Cc2cccc(C(F)(F)F)c2)c1. The third-order valence-electron chi connectivity index (χ3n) is 5.91. The van der Waals surface area contributed by atoms with Crippen molar-refractivity contribution in [1.82, 2.24) is 4.90 Å². The van der Waals surface area contributed by atoms with Crippen LogP contribution in [0, 0.1) is 10.1 Å². The molecule has 0 aromatic heterocycles. The van der Waals surface area contributed by atoms with E-state index < -0.39 is 40.2 Å². The van der Waals surface area contributed by atoms with Gasteiger partial charge in [-0.05, 0) is 47.5 Å². The Labute approximate surface area is 208 Å². The van der Waals surface area contributed by atoms with Crippen molar-refractivity contribution in [3.63, 3.8) is 0 Å². The van der Waals surface area contributed by atoms with Gasteiger partial charge in [0.2, 0.25) is 0 Å². The van der Waals surface area contributed by atoms with Crippen molar-refractivity contribution in [3.05, 3.63) is 111 Å². The molecule has 1 fully saturated rings. The number of rotatable bonds is 6. The van der Waals surface area contributed by atoms with Crippen molar-refractivity contribution < 1.29 is 37.5 Å². The summed E-state index contributed by atoms with van der Waals surface area (Å²) in [5, 5.41) is 22.0. The van der Waals surface area contributed by atoms with Crippen LogP contribution < -0.4 is 4.74 Å². The van der Waals surface area contributed by atoms with Crippen LogP contribution in [0.25, 0.3) is 5.76 Å². The molecule has 8 nitrogen and oxygen atoms in total. The van der Waals surface area contributed by atoms with Gasteiger partial charge in [-0.25, -0.2) is 0 Å². The number of alkyl halides is 3. The van der Waals surface area contributed by atoms with Crippen LogP contribution in [0.1, 0.15) is 28.3 Å². The first kappa shape index (κ1) is 25.4. The minimum absolute atomic E-state index is 0.0514. The van der Waals surface area contributed by atoms with Gasteiger partial charge in [-0.2, -0.15) is 13.2 Å². The highest BCUT2D eigenvalue weighted by molar-refractivity contribution is 6.46. The number of aliphatic hydroxyl groups is 1. The molecule has 1 amide bonds. The van der Waals surface area contributed by atoms with E-state index in [1.54, 1.807) is 24.3 Å². The maximum atomic E-state index is 13.2. The van der Waals surface area contributed by atoms with Crippen molar-refractivity contribution in [2.24, 2.45) is 0 Å². The molecule has 1 aliphatic rings. The van der Waals surface area contributed by atoms with Crippen LogP contribution in [-0.4, -0.2) is 33.7 Å². The minimum atomic E-state index is -4.60. The number of nitro groups is 1. The molecule has 3 aromatic carbocycles. The van der Waals surface area contributed by atoms with E-state index in [9.17, 15) is 38.0 Å². The lowest BCUT2D eigenvalue weighted by atomic mass is 9.95. The van der Waals surface area contributed by atoms with Gasteiger partial charge in [0.15, 0.2) is 0 Å². The number of carbonyl (C=O) groups excluding carboxylic acids is 2. The molecule has 1 saturated heterocycles. The Morgan fingerprint density at radius 1 is 1.05 bits per heavy atom. The monoisotopic (exact) mass is 512 g/mol. The fourth-order valence-electron chi connectivity index (χ4n) is 4.14. The molecule has 0 aliphatic carbocycles. The molecular formula is C26H19F3N2O6. The Bertz CT molecular complexity index is 1420. The van der Waals surface area contributed by atoms with E-state index in [-0.39, 0.29) is 28.9 Å². The summed E-state index contributed by atoms with van der Waals surface area (Å²) in [6, 6.07) is 14.3. The second kappa shape index (κ2) is 9.76. The van der Waals surface area contributed by atoms with Crippen molar-refractivity contribution >= 4 is 23.1 Å². The zero-order valence-corrected chi connectivity index (χ0v) is 19.2. The van der Waals surface area contributed by atoms with Crippen LogP contribution in [0.15, 0.2) is 78.4 Å². The standard InChI is InChI=1S/C26H19F3N2O6/c1-37-20-7-3-5-17(13-20)22-21(23(32)16-8-10-19(11-9-16)31(35)36)24(33)25(34)30(22)14-15-4-2-6-18(12-15)26(27,28)29/h2-13,22,32H,14H2,1H3/b23-21+. The van der Waals surface area contributed by atoms with Gasteiger partial charge in [0, 0.05) is 24.2 Å². The second-order valence-electron chi connectivity index (χ2n) is 8.21. The Morgan fingerprint density at radius 3 is 2.35 bits per heavy atom. The lowest BCUT2D eigenvalue weighted by Crippen LogP contribution is -2.29. The number of Topliss-reactive ketones (excluding diaryl/α,β-unsaturated/α-hetero) is 1. The molecule has 0 bridgehead atoms. The number of non-ortho nitro benzene ring substituents is 1. The van der Waals surface area contributed by atoms with Crippen LogP contribution in [0.4, 0.5) is 18.9 Å². The summed E-state index contributed by atoms with van der Waals surface area (Å²) in [5.41, 5.74) is -0.917. The quantitative estimate of drug-likeness (QED) is 0.159. The zero-order valence-electron chi connectivity index (χ0n) is 19.2. The number of methoxy groups -OCH3 is 1. The fourth-order valence-corrected chi connectivity index (χ4v) is 4.14. The van der Waals surface area contributed by atoms with E-state index in [4.69, 9.17) is 4.74 Å². The van der Waals surface area contributed by atoms with Gasteiger partial charge in [0.05, 0.1) is 29.2 Å². The lowest BCUT2D eigenvalue weighted by Gasteiger charge is -2.26. The summed E-state index contributed by atoms with van der Waals surface area (Å²) in [7, 11) is 1.41. The fraction of sp³-hybridized carbons (Fsp3) is 0.154. The highest BCUT2D eigenvalue weighted by atomic mass is 19.4. The summed E-state index contributed by atoms with van der Waals surface area (Å²) in [6.45, 7) is -0.354. The Kier molecular flexibility index (Phi) is 6.71. The van der Waals surface area contributed by atoms with Crippen molar-refractivity contribution in [2.75, 3.05) is 7.11 Å². The number of halogens is 3. The van der Waals surface area contributed by atoms with Crippen LogP contribution in [-0.2, 0) is 22.3 Å². The van der Waals surface area contributed by atoms with Gasteiger partial charge < -0.3 is 14.7 Å². The number of ketones is 1. The molecule has 1 aliphatic heterocycles. The number of hydrogen-bond donors (Lipinski definition) is 1. The molecule has 0 radical (unpaired) electrons. The average molecular weight is 512 g/mol. The number of nitrogens with zero attached hydrogens (tertiary/aromatic N) is 2. The van der Waals surface area contributed by atoms with E-state index in [0.29, 0.717) is 11.3 Å². The number of benzene rings is 3. The summed E-state index contributed by atoms with van der Waals surface area (Å²) >= 11 is 0. The summed E-state index contributed by atoms with van der Waals surface area (Å²) in [5.74, 6) is -2.26. The van der Waals surface area contributed by atoms with Gasteiger partial charge in [0.1, 0.15) is 11.5 Å². The maximum Gasteiger partial charge on any atom is 0.416 e. The minimum Gasteiger partial charge on any atom is -0.507 e. The number of ether oxygens (including phenoxy) is 1. The molecule has 1 atom stereocenters. The number of likely N-dealkylation sites (tertiary alicyclic amines) is 1. The van der Waals surface area contributed by atoms with E-state index in [0.717, 1.165) is 29.2 Å². The van der Waals surface area contributed by atoms with Crippen LogP contribution in [0.5, 0.6) is 5.75 Å². The number of hydrogen-bond acceptors (Lipinski definition) is 6. The molecule has 1 heterocycles. The lowest BCUT2D eigenvalue weighted by molar-refractivity contribution is -0.384. The van der Waals surface area contributed by atoms with Gasteiger partial charge in [-0.15, -0.1) is 0 Å². The number of nitro benzene ring substituents is 1. The van der Waals surface area contributed by atoms with E-state index in [2.05, 4.69) is 0 Å². The maximum absolute atomic E-state index is 13.2. The first-order valence-corrected chi connectivity index (χ1v) is 10.8. The van der Waals surface area contributed by atoms with E-state index >= 15 is 0 Å². The smallest absolute Gasteiger partial charge is 0.416 e. The summed E-state index contributed by atoms with van der Waals surface area (Å²) in [6.07, 6.45) is -4.60.